The highest BCUT2D eigenvalue weighted by Crippen LogP contribution is 2.25. The third-order valence-corrected chi connectivity index (χ3v) is 8.36. The molecule has 2 rings (SSSR count). The zero-order chi connectivity index (χ0) is 30.8. The van der Waals surface area contributed by atoms with Crippen molar-refractivity contribution in [3.8, 4) is 11.5 Å². The second-order valence-corrected chi connectivity index (χ2v) is 12.3. The molecule has 0 atom stereocenters. The van der Waals surface area contributed by atoms with Gasteiger partial charge in [0.05, 0.1) is 19.8 Å². The summed E-state index contributed by atoms with van der Waals surface area (Å²) in [5.74, 6) is 1.44. The summed E-state index contributed by atoms with van der Waals surface area (Å²) in [6, 6.07) is 5.96. The highest BCUT2D eigenvalue weighted by atomic mass is 16.5. The Kier molecular flexibility index (Phi) is 22.1. The molecule has 1 saturated heterocycles. The first-order valence-electron chi connectivity index (χ1n) is 17.7. The number of hydrogen-bond donors (Lipinski definition) is 1. The Morgan fingerprint density at radius 1 is 0.651 bits per heavy atom. The molecule has 0 saturated carbocycles. The van der Waals surface area contributed by atoms with Crippen molar-refractivity contribution in [2.75, 3.05) is 59.1 Å². The van der Waals surface area contributed by atoms with E-state index >= 15 is 0 Å². The summed E-state index contributed by atoms with van der Waals surface area (Å²) < 4.78 is 17.9. The number of unbranched alkanes of at least 4 members (excludes halogenated alkanes) is 13. The van der Waals surface area contributed by atoms with Gasteiger partial charge in [-0.2, -0.15) is 0 Å². The van der Waals surface area contributed by atoms with Gasteiger partial charge in [0, 0.05) is 45.2 Å². The third-order valence-electron chi connectivity index (χ3n) is 8.36. The van der Waals surface area contributed by atoms with Crippen LogP contribution in [0.5, 0.6) is 11.5 Å². The summed E-state index contributed by atoms with van der Waals surface area (Å²) in [6.07, 6.45) is 20.2. The van der Waals surface area contributed by atoms with Crippen molar-refractivity contribution in [1.82, 2.24) is 9.80 Å². The number of nitrogens with zero attached hydrogens (tertiary/aromatic N) is 2. The second-order valence-electron chi connectivity index (χ2n) is 12.3. The molecule has 0 aliphatic carbocycles. The van der Waals surface area contributed by atoms with Gasteiger partial charge in [0.2, 0.25) is 0 Å². The molecular formula is C36H64N2O5. The summed E-state index contributed by atoms with van der Waals surface area (Å²) in [5, 5.41) is 9.11. The topological polar surface area (TPSA) is 71.5 Å². The van der Waals surface area contributed by atoms with E-state index in [2.05, 4.69) is 23.6 Å². The van der Waals surface area contributed by atoms with Crippen LogP contribution in [-0.4, -0.2) is 80.0 Å². The number of esters is 1. The predicted octanol–water partition coefficient (Wildman–Crippen LogP) is 7.77. The van der Waals surface area contributed by atoms with Crippen LogP contribution >= 0.6 is 0 Å². The Labute approximate surface area is 263 Å². The van der Waals surface area contributed by atoms with Gasteiger partial charge in [0.25, 0.3) is 0 Å². The molecule has 1 aromatic carbocycles. The quantitative estimate of drug-likeness (QED) is 0.0812. The van der Waals surface area contributed by atoms with Gasteiger partial charge in [-0.1, -0.05) is 97.3 Å². The number of piperazine rings is 1. The van der Waals surface area contributed by atoms with E-state index in [1.807, 2.05) is 18.2 Å². The SMILES string of the molecule is CCCCCCCCCCCOc1cc(COC(=O)CCCN2CCN(CCO)CC2)cc(OCCCCCCCC)c1. The molecule has 1 aliphatic rings. The first-order valence-corrected chi connectivity index (χ1v) is 17.7. The van der Waals surface area contributed by atoms with Crippen LogP contribution in [0.25, 0.3) is 0 Å². The lowest BCUT2D eigenvalue weighted by Crippen LogP contribution is -2.47. The van der Waals surface area contributed by atoms with Crippen molar-refractivity contribution < 1.29 is 24.1 Å². The van der Waals surface area contributed by atoms with Crippen LogP contribution in [0.2, 0.25) is 0 Å². The van der Waals surface area contributed by atoms with Crippen molar-refractivity contribution in [2.45, 2.75) is 130 Å². The van der Waals surface area contributed by atoms with Gasteiger partial charge in [-0.25, -0.2) is 0 Å². The number of carbonyl (C=O) groups excluding carboxylic acids is 1. The van der Waals surface area contributed by atoms with Crippen molar-refractivity contribution in [3.05, 3.63) is 23.8 Å². The minimum absolute atomic E-state index is 0.158. The van der Waals surface area contributed by atoms with E-state index in [1.54, 1.807) is 0 Å². The van der Waals surface area contributed by atoms with Gasteiger partial charge in [-0.3, -0.25) is 9.69 Å². The largest absolute Gasteiger partial charge is 0.493 e. The first-order chi connectivity index (χ1) is 21.1. The van der Waals surface area contributed by atoms with E-state index in [1.165, 1.54) is 83.5 Å². The minimum atomic E-state index is -0.158. The standard InChI is InChI=1S/C36H64N2O5/c1-3-5-7-9-11-12-13-15-17-28-42-35-30-33(29-34(31-35)41-27-16-14-10-8-6-4-2)32-43-36(40)19-18-20-37-21-23-38(24-22-37)25-26-39/h29-31,39H,3-28,32H2,1-2H3. The maximum Gasteiger partial charge on any atom is 0.306 e. The fourth-order valence-electron chi connectivity index (χ4n) is 5.62. The van der Waals surface area contributed by atoms with Crippen LogP contribution in [-0.2, 0) is 16.1 Å². The van der Waals surface area contributed by atoms with E-state index in [9.17, 15) is 4.79 Å². The van der Waals surface area contributed by atoms with Crippen molar-refractivity contribution in [1.29, 1.82) is 0 Å². The zero-order valence-corrected chi connectivity index (χ0v) is 27.8. The summed E-state index contributed by atoms with van der Waals surface area (Å²) in [4.78, 5) is 17.2. The molecule has 0 radical (unpaired) electrons. The second kappa shape index (κ2) is 25.5. The molecular weight excluding hydrogens is 540 g/mol. The van der Waals surface area contributed by atoms with Crippen LogP contribution in [0.4, 0.5) is 0 Å². The molecule has 1 fully saturated rings. The highest BCUT2D eigenvalue weighted by molar-refractivity contribution is 5.69. The lowest BCUT2D eigenvalue weighted by molar-refractivity contribution is -0.145. The van der Waals surface area contributed by atoms with Gasteiger partial charge >= 0.3 is 5.97 Å². The molecule has 7 nitrogen and oxygen atoms in total. The number of β-amino-alcohol motifs (C(OH)–C–C–N with tert-alkyl or cyclic N) is 1. The molecule has 7 heteroatoms. The van der Waals surface area contributed by atoms with E-state index in [0.717, 1.165) is 75.6 Å². The monoisotopic (exact) mass is 604 g/mol. The van der Waals surface area contributed by atoms with Crippen LogP contribution in [0.3, 0.4) is 0 Å². The van der Waals surface area contributed by atoms with Gasteiger partial charge < -0.3 is 24.2 Å². The Bertz CT molecular complexity index is 813. The Hall–Kier alpha value is -1.83. The molecule has 0 amide bonds. The molecule has 0 spiro atoms. The molecule has 1 N–H and O–H groups in total. The maximum atomic E-state index is 12.5. The molecule has 1 heterocycles. The molecule has 0 unspecified atom stereocenters. The lowest BCUT2D eigenvalue weighted by Gasteiger charge is -2.34. The van der Waals surface area contributed by atoms with Crippen molar-refractivity contribution in [3.63, 3.8) is 0 Å². The number of rotatable bonds is 27. The molecule has 43 heavy (non-hydrogen) atoms. The van der Waals surface area contributed by atoms with Gasteiger partial charge in [0.15, 0.2) is 0 Å². The number of benzene rings is 1. The minimum Gasteiger partial charge on any atom is -0.493 e. The predicted molar refractivity (Wildman–Crippen MR) is 177 cm³/mol. The van der Waals surface area contributed by atoms with Gasteiger partial charge in [-0.15, -0.1) is 0 Å². The Morgan fingerprint density at radius 3 is 1.60 bits per heavy atom. The zero-order valence-electron chi connectivity index (χ0n) is 27.8. The maximum absolute atomic E-state index is 12.5. The van der Waals surface area contributed by atoms with Crippen LogP contribution < -0.4 is 9.47 Å². The number of aliphatic hydroxyl groups excluding tert-OH is 1. The number of ether oxygens (including phenoxy) is 3. The van der Waals surface area contributed by atoms with E-state index < -0.39 is 0 Å². The molecule has 1 aromatic rings. The molecule has 1 aliphatic heterocycles. The smallest absolute Gasteiger partial charge is 0.306 e. The Balaban J connectivity index is 1.74. The fraction of sp³-hybridized carbons (Fsp3) is 0.806. The average Bonchev–Trinajstić information content (AvgIpc) is 3.01. The number of aliphatic hydroxyl groups is 1. The highest BCUT2D eigenvalue weighted by Gasteiger charge is 2.16. The van der Waals surface area contributed by atoms with Gasteiger partial charge in [0.1, 0.15) is 18.1 Å². The lowest BCUT2D eigenvalue weighted by atomic mass is 10.1. The summed E-state index contributed by atoms with van der Waals surface area (Å²) in [6.45, 7) is 11.9. The van der Waals surface area contributed by atoms with Crippen molar-refractivity contribution in [2.24, 2.45) is 0 Å². The van der Waals surface area contributed by atoms with E-state index in [0.29, 0.717) is 19.6 Å². The molecule has 248 valence electrons. The summed E-state index contributed by atoms with van der Waals surface area (Å²) in [7, 11) is 0. The summed E-state index contributed by atoms with van der Waals surface area (Å²) in [5.41, 5.74) is 0.913. The normalized spacial score (nSPS) is 14.2. The van der Waals surface area contributed by atoms with E-state index in [4.69, 9.17) is 19.3 Å². The van der Waals surface area contributed by atoms with Crippen molar-refractivity contribution >= 4 is 5.97 Å². The van der Waals surface area contributed by atoms with Crippen LogP contribution in [0, 0.1) is 0 Å². The fourth-order valence-corrected chi connectivity index (χ4v) is 5.62. The molecule has 0 bridgehead atoms. The Morgan fingerprint density at radius 2 is 1.12 bits per heavy atom. The van der Waals surface area contributed by atoms with Gasteiger partial charge in [-0.05, 0) is 43.5 Å². The number of hydrogen-bond acceptors (Lipinski definition) is 7. The van der Waals surface area contributed by atoms with E-state index in [-0.39, 0.29) is 19.2 Å². The third kappa shape index (κ3) is 19.2. The van der Waals surface area contributed by atoms with Crippen LogP contribution in [0.1, 0.15) is 129 Å². The first kappa shape index (κ1) is 37.4. The number of carbonyl (C=O) groups is 1. The molecule has 0 aromatic heterocycles. The average molecular weight is 605 g/mol. The summed E-state index contributed by atoms with van der Waals surface area (Å²) >= 11 is 0. The van der Waals surface area contributed by atoms with Crippen LogP contribution in [0.15, 0.2) is 18.2 Å².